The molecule has 0 fully saturated rings. The number of phenols is 1. The molecular formula is C27H41NO4. The molecular weight excluding hydrogens is 402 g/mol. The number of ether oxygens (including phenoxy) is 2. The molecule has 1 aromatic carbocycles. The number of esters is 1. The smallest absolute Gasteiger partial charge is 0.320 e. The number of allylic oxidation sites excluding steroid dienone is 1. The number of unbranched alkanes of at least 4 members (excludes halogenated alkanes) is 3. The van der Waals surface area contributed by atoms with Crippen LogP contribution in [0.2, 0.25) is 0 Å². The first kappa shape index (κ1) is 24.6. The highest BCUT2D eigenvalue weighted by Crippen LogP contribution is 2.55. The van der Waals surface area contributed by atoms with Gasteiger partial charge in [-0.05, 0) is 61.8 Å². The zero-order valence-corrected chi connectivity index (χ0v) is 20.5. The van der Waals surface area contributed by atoms with Gasteiger partial charge in [0.15, 0.2) is 0 Å². The first-order chi connectivity index (χ1) is 15.1. The lowest BCUT2D eigenvalue weighted by atomic mass is 9.66. The molecule has 2 atom stereocenters. The van der Waals surface area contributed by atoms with Crippen molar-refractivity contribution < 1.29 is 19.4 Å². The second kappa shape index (κ2) is 9.86. The normalized spacial score (nSPS) is 21.8. The lowest BCUT2D eigenvalue weighted by Crippen LogP contribution is -2.45. The van der Waals surface area contributed by atoms with Crippen LogP contribution in [0.15, 0.2) is 23.8 Å². The lowest BCUT2D eigenvalue weighted by molar-refractivity contribution is -0.141. The van der Waals surface area contributed by atoms with Crippen molar-refractivity contribution in [3.8, 4) is 11.5 Å². The Balaban J connectivity index is 1.87. The topological polar surface area (TPSA) is 81.8 Å². The number of nitrogens with two attached hydrogens (primary N) is 1. The van der Waals surface area contributed by atoms with E-state index in [1.54, 1.807) is 0 Å². The van der Waals surface area contributed by atoms with Crippen LogP contribution in [0.5, 0.6) is 11.5 Å². The Morgan fingerprint density at radius 2 is 2.03 bits per heavy atom. The van der Waals surface area contributed by atoms with Crippen molar-refractivity contribution in [2.45, 2.75) is 96.5 Å². The standard InChI is InChI=1S/C27H41NO4/c1-6-7-8-9-12-26(2,3)19-14-22(29)25-20-13-18(17-31-24(30)16-28)10-11-21(20)27(4,5)32-23(25)15-19/h10,14-15,20-21,29H,6-9,11-13,16-17,28H2,1-5H3. The molecule has 178 valence electrons. The van der Waals surface area contributed by atoms with Crippen LogP contribution < -0.4 is 10.5 Å². The minimum absolute atomic E-state index is 0.0291. The Morgan fingerprint density at radius 1 is 1.28 bits per heavy atom. The Morgan fingerprint density at radius 3 is 2.72 bits per heavy atom. The van der Waals surface area contributed by atoms with Gasteiger partial charge in [0.25, 0.3) is 0 Å². The van der Waals surface area contributed by atoms with Crippen LogP contribution >= 0.6 is 0 Å². The minimum Gasteiger partial charge on any atom is -0.508 e. The van der Waals surface area contributed by atoms with Gasteiger partial charge in [-0.25, -0.2) is 0 Å². The Kier molecular flexibility index (Phi) is 7.59. The fourth-order valence-corrected chi connectivity index (χ4v) is 5.34. The monoisotopic (exact) mass is 443 g/mol. The number of hydrogen-bond donors (Lipinski definition) is 2. The number of benzene rings is 1. The van der Waals surface area contributed by atoms with E-state index in [1.807, 2.05) is 6.07 Å². The quantitative estimate of drug-likeness (QED) is 0.289. The SMILES string of the molecule is CCCCCCC(C)(C)c1cc(O)c2c(c1)OC(C)(C)C1CC=C(COC(=O)CN)CC21. The van der Waals surface area contributed by atoms with Crippen LogP contribution in [0, 0.1) is 5.92 Å². The molecule has 32 heavy (non-hydrogen) atoms. The van der Waals surface area contributed by atoms with Crippen molar-refractivity contribution in [1.82, 2.24) is 0 Å². The molecule has 3 rings (SSSR count). The van der Waals surface area contributed by atoms with Gasteiger partial charge in [0, 0.05) is 17.4 Å². The van der Waals surface area contributed by atoms with Gasteiger partial charge in [0.05, 0.1) is 6.54 Å². The summed E-state index contributed by atoms with van der Waals surface area (Å²) in [4.78, 5) is 11.5. The maximum Gasteiger partial charge on any atom is 0.320 e. The molecule has 2 aliphatic rings. The molecule has 0 aromatic heterocycles. The first-order valence-electron chi connectivity index (χ1n) is 12.2. The summed E-state index contributed by atoms with van der Waals surface area (Å²) >= 11 is 0. The average molecular weight is 444 g/mol. The van der Waals surface area contributed by atoms with Crippen LogP contribution in [-0.2, 0) is 14.9 Å². The number of carbonyl (C=O) groups excluding carboxylic acids is 1. The number of fused-ring (bicyclic) bond motifs is 3. The van der Waals surface area contributed by atoms with Gasteiger partial charge >= 0.3 is 5.97 Å². The molecule has 1 aliphatic carbocycles. The van der Waals surface area contributed by atoms with Gasteiger partial charge in [-0.2, -0.15) is 0 Å². The second-order valence-electron chi connectivity index (χ2n) is 10.7. The molecule has 1 aromatic rings. The van der Waals surface area contributed by atoms with E-state index in [4.69, 9.17) is 15.2 Å². The fourth-order valence-electron chi connectivity index (χ4n) is 5.34. The lowest BCUT2D eigenvalue weighted by Gasteiger charge is -2.47. The summed E-state index contributed by atoms with van der Waals surface area (Å²) in [6, 6.07) is 4.10. The average Bonchev–Trinajstić information content (AvgIpc) is 2.74. The van der Waals surface area contributed by atoms with Crippen molar-refractivity contribution in [3.63, 3.8) is 0 Å². The molecule has 0 spiro atoms. The summed E-state index contributed by atoms with van der Waals surface area (Å²) in [5.41, 5.74) is 8.10. The van der Waals surface area contributed by atoms with E-state index in [0.29, 0.717) is 5.75 Å². The molecule has 0 amide bonds. The highest BCUT2D eigenvalue weighted by molar-refractivity contribution is 5.71. The summed E-state index contributed by atoms with van der Waals surface area (Å²) in [7, 11) is 0. The zero-order valence-electron chi connectivity index (χ0n) is 20.5. The molecule has 5 heteroatoms. The Hall–Kier alpha value is -2.01. The molecule has 0 bridgehead atoms. The van der Waals surface area contributed by atoms with Crippen LogP contribution in [0.3, 0.4) is 0 Å². The first-order valence-corrected chi connectivity index (χ1v) is 12.2. The van der Waals surface area contributed by atoms with E-state index in [2.05, 4.69) is 46.8 Å². The number of phenolic OH excluding ortho intramolecular Hbond substituents is 1. The molecule has 1 heterocycles. The van der Waals surface area contributed by atoms with Gasteiger partial charge in [0.1, 0.15) is 23.7 Å². The van der Waals surface area contributed by atoms with Crippen molar-refractivity contribution in [3.05, 3.63) is 34.9 Å². The van der Waals surface area contributed by atoms with Crippen LogP contribution in [0.1, 0.15) is 96.6 Å². The number of carbonyl (C=O) groups is 1. The summed E-state index contributed by atoms with van der Waals surface area (Å²) in [6.45, 7) is 11.2. The zero-order chi connectivity index (χ0) is 23.5. The minimum atomic E-state index is -0.394. The summed E-state index contributed by atoms with van der Waals surface area (Å²) < 4.78 is 11.8. The molecule has 2 unspecified atom stereocenters. The third-order valence-electron chi connectivity index (χ3n) is 7.41. The Bertz CT molecular complexity index is 855. The Labute approximate surface area is 193 Å². The summed E-state index contributed by atoms with van der Waals surface area (Å²) in [5.74, 6) is 1.11. The van der Waals surface area contributed by atoms with Crippen molar-refractivity contribution in [2.24, 2.45) is 11.7 Å². The highest BCUT2D eigenvalue weighted by atomic mass is 16.5. The van der Waals surface area contributed by atoms with E-state index < -0.39 is 5.97 Å². The summed E-state index contributed by atoms with van der Waals surface area (Å²) in [6.07, 6.45) is 9.74. The number of aromatic hydroxyl groups is 1. The van der Waals surface area contributed by atoms with E-state index in [0.717, 1.165) is 41.7 Å². The van der Waals surface area contributed by atoms with E-state index in [-0.39, 0.29) is 36.0 Å². The van der Waals surface area contributed by atoms with E-state index >= 15 is 0 Å². The summed E-state index contributed by atoms with van der Waals surface area (Å²) in [5, 5.41) is 11.2. The fraction of sp³-hybridized carbons (Fsp3) is 0.667. The predicted octanol–water partition coefficient (Wildman–Crippen LogP) is 5.73. The number of rotatable bonds is 9. The van der Waals surface area contributed by atoms with Gasteiger partial charge < -0.3 is 20.3 Å². The van der Waals surface area contributed by atoms with E-state index in [9.17, 15) is 9.90 Å². The second-order valence-corrected chi connectivity index (χ2v) is 10.7. The maximum absolute atomic E-state index is 11.5. The molecule has 1 aliphatic heterocycles. The van der Waals surface area contributed by atoms with Crippen molar-refractivity contribution in [2.75, 3.05) is 13.2 Å². The molecule has 3 N–H and O–H groups in total. The largest absolute Gasteiger partial charge is 0.508 e. The van der Waals surface area contributed by atoms with Gasteiger partial charge in [0.2, 0.25) is 0 Å². The third-order valence-corrected chi connectivity index (χ3v) is 7.41. The van der Waals surface area contributed by atoms with Gasteiger partial charge in [-0.3, -0.25) is 4.79 Å². The van der Waals surface area contributed by atoms with Crippen LogP contribution in [0.25, 0.3) is 0 Å². The van der Waals surface area contributed by atoms with E-state index in [1.165, 1.54) is 25.7 Å². The van der Waals surface area contributed by atoms with Crippen molar-refractivity contribution >= 4 is 5.97 Å². The molecule has 0 saturated carbocycles. The van der Waals surface area contributed by atoms with Gasteiger partial charge in [-0.15, -0.1) is 0 Å². The molecule has 0 saturated heterocycles. The number of hydrogen-bond acceptors (Lipinski definition) is 5. The molecule has 5 nitrogen and oxygen atoms in total. The van der Waals surface area contributed by atoms with Gasteiger partial charge in [-0.1, -0.05) is 52.5 Å². The highest BCUT2D eigenvalue weighted by Gasteiger charge is 2.46. The van der Waals surface area contributed by atoms with Crippen LogP contribution in [-0.4, -0.2) is 29.8 Å². The maximum atomic E-state index is 11.5. The predicted molar refractivity (Wildman–Crippen MR) is 128 cm³/mol. The molecule has 0 radical (unpaired) electrons. The third kappa shape index (κ3) is 5.31. The van der Waals surface area contributed by atoms with Crippen LogP contribution in [0.4, 0.5) is 0 Å². The van der Waals surface area contributed by atoms with Crippen molar-refractivity contribution in [1.29, 1.82) is 0 Å².